The molecule has 0 atom stereocenters. The van der Waals surface area contributed by atoms with Crippen LogP contribution in [0.3, 0.4) is 0 Å². The van der Waals surface area contributed by atoms with Crippen molar-refractivity contribution in [3.8, 4) is 5.75 Å². The summed E-state index contributed by atoms with van der Waals surface area (Å²) in [6.45, 7) is 2.40. The van der Waals surface area contributed by atoms with Crippen molar-refractivity contribution in [3.63, 3.8) is 0 Å². The predicted octanol–water partition coefficient (Wildman–Crippen LogP) is 2.66. The molecule has 1 saturated heterocycles. The van der Waals surface area contributed by atoms with E-state index in [2.05, 4.69) is 0 Å². The number of carbonyl (C=O) groups is 2. The normalized spacial score (nSPS) is 15.2. The Hall–Kier alpha value is -2.82. The minimum absolute atomic E-state index is 0.0951. The summed E-state index contributed by atoms with van der Waals surface area (Å²) in [5, 5.41) is 0.175. The molecule has 32 heavy (non-hydrogen) atoms. The maximum Gasteiger partial charge on any atom is 0.374 e. The number of sulfonamides is 1. The van der Waals surface area contributed by atoms with Gasteiger partial charge in [0.25, 0.3) is 10.0 Å². The summed E-state index contributed by atoms with van der Waals surface area (Å²) in [5.41, 5.74) is 0.657. The van der Waals surface area contributed by atoms with Crippen molar-refractivity contribution in [1.82, 2.24) is 9.21 Å². The lowest BCUT2D eigenvalue weighted by Gasteiger charge is -2.32. The molecule has 0 N–H and O–H groups in total. The second-order valence-electron chi connectivity index (χ2n) is 6.79. The first-order valence-corrected chi connectivity index (χ1v) is 11.7. The van der Waals surface area contributed by atoms with E-state index in [4.69, 9.17) is 25.5 Å². The highest BCUT2D eigenvalue weighted by Crippen LogP contribution is 2.24. The van der Waals surface area contributed by atoms with Gasteiger partial charge in [-0.3, -0.25) is 4.79 Å². The molecule has 1 aliphatic heterocycles. The number of halogens is 1. The standard InChI is InChI=1S/C21H23ClN2O7S/c1-3-30-21(26)18-7-9-20(31-18)32(27,28)24-12-10-23(11-13-24)19(25)8-4-15-14-16(22)5-6-17(15)29-2/h4-9,14H,3,10-13H2,1-2H3. The van der Waals surface area contributed by atoms with Crippen molar-refractivity contribution in [1.29, 1.82) is 0 Å². The number of rotatable bonds is 7. The van der Waals surface area contributed by atoms with Gasteiger partial charge in [-0.15, -0.1) is 0 Å². The van der Waals surface area contributed by atoms with Crippen molar-refractivity contribution < 1.29 is 31.9 Å². The van der Waals surface area contributed by atoms with Gasteiger partial charge < -0.3 is 18.8 Å². The zero-order valence-corrected chi connectivity index (χ0v) is 19.2. The molecule has 0 spiro atoms. The number of furan rings is 1. The molecule has 3 rings (SSSR count). The molecule has 2 aromatic rings. The zero-order valence-electron chi connectivity index (χ0n) is 17.6. The molecule has 1 aromatic carbocycles. The Labute approximate surface area is 191 Å². The van der Waals surface area contributed by atoms with Gasteiger partial charge in [-0.25, -0.2) is 13.2 Å². The van der Waals surface area contributed by atoms with Crippen molar-refractivity contribution in [2.45, 2.75) is 12.0 Å². The molecule has 1 amide bonds. The molecule has 1 aromatic heterocycles. The maximum atomic E-state index is 12.8. The molecule has 1 aliphatic rings. The Kier molecular flexibility index (Phi) is 7.60. The molecule has 0 bridgehead atoms. The molecule has 0 aliphatic carbocycles. The van der Waals surface area contributed by atoms with Gasteiger partial charge >= 0.3 is 5.97 Å². The number of piperazine rings is 1. The average Bonchev–Trinajstić information content (AvgIpc) is 3.29. The van der Waals surface area contributed by atoms with Crippen molar-refractivity contribution in [2.75, 3.05) is 39.9 Å². The molecule has 172 valence electrons. The number of methoxy groups -OCH3 is 1. The Morgan fingerprint density at radius 1 is 1.16 bits per heavy atom. The number of hydrogen-bond acceptors (Lipinski definition) is 7. The van der Waals surface area contributed by atoms with Gasteiger partial charge in [0, 0.05) is 42.8 Å². The van der Waals surface area contributed by atoms with Gasteiger partial charge in [0.1, 0.15) is 5.75 Å². The van der Waals surface area contributed by atoms with Gasteiger partial charge in [0.2, 0.25) is 16.8 Å². The van der Waals surface area contributed by atoms with Crippen LogP contribution in [-0.2, 0) is 19.6 Å². The van der Waals surface area contributed by atoms with Crippen LogP contribution in [0.25, 0.3) is 6.08 Å². The molecule has 2 heterocycles. The molecule has 0 saturated carbocycles. The van der Waals surface area contributed by atoms with Crippen molar-refractivity contribution in [3.05, 3.63) is 52.8 Å². The number of benzene rings is 1. The number of nitrogens with zero attached hydrogens (tertiary/aromatic N) is 2. The van der Waals surface area contributed by atoms with Gasteiger partial charge in [-0.1, -0.05) is 11.6 Å². The molecule has 9 nitrogen and oxygen atoms in total. The minimum atomic E-state index is -3.94. The first-order chi connectivity index (χ1) is 15.3. The molecule has 0 radical (unpaired) electrons. The second kappa shape index (κ2) is 10.2. The van der Waals surface area contributed by atoms with E-state index in [0.29, 0.717) is 16.3 Å². The van der Waals surface area contributed by atoms with E-state index in [9.17, 15) is 18.0 Å². The number of ether oxygens (including phenoxy) is 2. The fourth-order valence-electron chi connectivity index (χ4n) is 3.15. The van der Waals surface area contributed by atoms with Gasteiger partial charge in [-0.05, 0) is 43.3 Å². The molecule has 0 unspecified atom stereocenters. The molecular weight excluding hydrogens is 460 g/mol. The highest BCUT2D eigenvalue weighted by Gasteiger charge is 2.32. The van der Waals surface area contributed by atoms with Crippen LogP contribution in [0, 0.1) is 0 Å². The third kappa shape index (κ3) is 5.32. The summed E-state index contributed by atoms with van der Waals surface area (Å²) in [6, 6.07) is 7.56. The van der Waals surface area contributed by atoms with E-state index >= 15 is 0 Å². The number of amides is 1. The lowest BCUT2D eigenvalue weighted by atomic mass is 10.2. The molecule has 1 fully saturated rings. The third-order valence-corrected chi connectivity index (χ3v) is 6.81. The Bertz CT molecular complexity index is 1120. The van der Waals surface area contributed by atoms with Crippen LogP contribution in [0.1, 0.15) is 23.0 Å². The Balaban J connectivity index is 1.62. The maximum absolute atomic E-state index is 12.8. The summed E-state index contributed by atoms with van der Waals surface area (Å²) in [4.78, 5) is 25.8. The summed E-state index contributed by atoms with van der Waals surface area (Å²) >= 11 is 6.00. The fourth-order valence-corrected chi connectivity index (χ4v) is 4.66. The lowest BCUT2D eigenvalue weighted by molar-refractivity contribution is -0.127. The average molecular weight is 483 g/mol. The number of hydrogen-bond donors (Lipinski definition) is 0. The van der Waals surface area contributed by atoms with E-state index in [1.807, 2.05) is 0 Å². The second-order valence-corrected chi connectivity index (χ2v) is 9.09. The van der Waals surface area contributed by atoms with Crippen molar-refractivity contribution in [2.24, 2.45) is 0 Å². The van der Waals surface area contributed by atoms with E-state index in [1.165, 1.54) is 29.6 Å². The topological polar surface area (TPSA) is 106 Å². The highest BCUT2D eigenvalue weighted by atomic mass is 35.5. The van der Waals surface area contributed by atoms with Gasteiger partial charge in [0.05, 0.1) is 13.7 Å². The van der Waals surface area contributed by atoms with Crippen molar-refractivity contribution >= 4 is 39.6 Å². The molecule has 11 heteroatoms. The van der Waals surface area contributed by atoms with Crippen LogP contribution in [0.15, 0.2) is 45.9 Å². The van der Waals surface area contributed by atoms with Gasteiger partial charge in [-0.2, -0.15) is 4.31 Å². The number of carbonyl (C=O) groups excluding carboxylic acids is 2. The van der Waals surface area contributed by atoms with E-state index in [-0.39, 0.29) is 49.5 Å². The van der Waals surface area contributed by atoms with E-state index in [0.717, 1.165) is 0 Å². The van der Waals surface area contributed by atoms with E-state index in [1.54, 1.807) is 36.1 Å². The number of esters is 1. The first-order valence-electron chi connectivity index (χ1n) is 9.84. The zero-order chi connectivity index (χ0) is 23.3. The van der Waals surface area contributed by atoms with Crippen LogP contribution in [0.5, 0.6) is 5.75 Å². The summed E-state index contributed by atoms with van der Waals surface area (Å²) in [7, 11) is -2.41. The van der Waals surface area contributed by atoms with Crippen LogP contribution in [0.4, 0.5) is 0 Å². The summed E-state index contributed by atoms with van der Waals surface area (Å²) in [5.74, 6) is -0.588. The largest absolute Gasteiger partial charge is 0.496 e. The highest BCUT2D eigenvalue weighted by molar-refractivity contribution is 7.89. The minimum Gasteiger partial charge on any atom is -0.496 e. The lowest BCUT2D eigenvalue weighted by Crippen LogP contribution is -2.50. The van der Waals surface area contributed by atoms with Crippen LogP contribution >= 0.6 is 11.6 Å². The Morgan fingerprint density at radius 2 is 1.88 bits per heavy atom. The van der Waals surface area contributed by atoms with Crippen LogP contribution in [0.2, 0.25) is 5.02 Å². The van der Waals surface area contributed by atoms with Crippen LogP contribution < -0.4 is 4.74 Å². The quantitative estimate of drug-likeness (QED) is 0.441. The smallest absolute Gasteiger partial charge is 0.374 e. The van der Waals surface area contributed by atoms with Gasteiger partial charge in [0.15, 0.2) is 0 Å². The first kappa shape index (κ1) is 23.8. The SMILES string of the molecule is CCOC(=O)c1ccc(S(=O)(=O)N2CCN(C(=O)C=Cc3cc(Cl)ccc3OC)CC2)o1. The summed E-state index contributed by atoms with van der Waals surface area (Å²) in [6.07, 6.45) is 3.01. The monoisotopic (exact) mass is 482 g/mol. The predicted molar refractivity (Wildman–Crippen MR) is 117 cm³/mol. The Morgan fingerprint density at radius 3 is 2.53 bits per heavy atom. The van der Waals surface area contributed by atoms with E-state index < -0.39 is 16.0 Å². The molecular formula is C21H23ClN2O7S. The third-order valence-electron chi connectivity index (χ3n) is 4.80. The van der Waals surface area contributed by atoms with Crippen LogP contribution in [-0.4, -0.2) is 69.4 Å². The fraction of sp³-hybridized carbons (Fsp3) is 0.333. The summed E-state index contributed by atoms with van der Waals surface area (Å²) < 4.78 is 42.1.